The van der Waals surface area contributed by atoms with E-state index in [-0.39, 0.29) is 23.3 Å². The summed E-state index contributed by atoms with van der Waals surface area (Å²) in [7, 11) is 0. The number of nitro groups is 1. The Hall–Kier alpha value is -2.81. The van der Waals surface area contributed by atoms with Crippen molar-refractivity contribution in [2.24, 2.45) is 0 Å². The number of pyridine rings is 1. The van der Waals surface area contributed by atoms with E-state index in [9.17, 15) is 19.7 Å². The number of nitrogens with zero attached hydrogens (tertiary/aromatic N) is 3. The summed E-state index contributed by atoms with van der Waals surface area (Å²) in [5.74, 6) is -0.859. The molecule has 0 amide bonds. The average molecular weight is 436 g/mol. The summed E-state index contributed by atoms with van der Waals surface area (Å²) in [6, 6.07) is 8.92. The number of non-ortho nitro benzene ring substituents is 1. The third-order valence-corrected chi connectivity index (χ3v) is 4.17. The first-order chi connectivity index (χ1) is 13.0. The summed E-state index contributed by atoms with van der Waals surface area (Å²) in [6.45, 7) is 2.19. The van der Waals surface area contributed by atoms with E-state index in [2.05, 4.69) is 32.3 Å². The molecular formula is C18H18BrN3O5. The van der Waals surface area contributed by atoms with Gasteiger partial charge in [-0.2, -0.15) is 0 Å². The second-order valence-electron chi connectivity index (χ2n) is 5.59. The number of fused-ring (bicyclic) bond motifs is 1. The number of halogens is 1. The van der Waals surface area contributed by atoms with Crippen LogP contribution in [0.4, 0.5) is 5.69 Å². The van der Waals surface area contributed by atoms with Gasteiger partial charge in [-0.05, 0) is 24.1 Å². The molecule has 1 aromatic carbocycles. The van der Waals surface area contributed by atoms with Crippen molar-refractivity contribution in [1.82, 2.24) is 9.55 Å². The highest BCUT2D eigenvalue weighted by molar-refractivity contribution is 9.09. The molecule has 0 aliphatic heterocycles. The molecule has 142 valence electrons. The van der Waals surface area contributed by atoms with Gasteiger partial charge in [0.2, 0.25) is 0 Å². The van der Waals surface area contributed by atoms with Gasteiger partial charge in [0.25, 0.3) is 5.69 Å². The minimum atomic E-state index is -0.859. The quantitative estimate of drug-likeness (QED) is 0.344. The number of aromatic nitrogens is 2. The van der Waals surface area contributed by atoms with Crippen molar-refractivity contribution in [1.29, 1.82) is 0 Å². The maximum atomic E-state index is 11.9. The predicted octanol–water partition coefficient (Wildman–Crippen LogP) is 3.49. The maximum Gasteiger partial charge on any atom is 0.423 e. The molecule has 3 aromatic rings. The monoisotopic (exact) mass is 435 g/mol. The zero-order valence-electron chi connectivity index (χ0n) is 14.6. The smallest absolute Gasteiger partial charge is 0.372 e. The highest BCUT2D eigenvalue weighted by Gasteiger charge is 2.12. The fraction of sp³-hybridized carbons (Fsp3) is 0.278. The van der Waals surface area contributed by atoms with Gasteiger partial charge >= 0.3 is 11.4 Å². The van der Waals surface area contributed by atoms with Gasteiger partial charge in [0.15, 0.2) is 5.65 Å². The van der Waals surface area contributed by atoms with E-state index in [1.165, 1.54) is 43.3 Å². The van der Waals surface area contributed by atoms with E-state index >= 15 is 0 Å². The van der Waals surface area contributed by atoms with Gasteiger partial charge in [0.05, 0.1) is 11.5 Å². The third-order valence-electron chi connectivity index (χ3n) is 3.61. The fourth-order valence-electron chi connectivity index (χ4n) is 2.27. The molecule has 0 aliphatic carbocycles. The van der Waals surface area contributed by atoms with E-state index in [0.29, 0.717) is 5.56 Å². The third kappa shape index (κ3) is 5.33. The molecule has 27 heavy (non-hydrogen) atoms. The minimum Gasteiger partial charge on any atom is -0.372 e. The van der Waals surface area contributed by atoms with Crippen molar-refractivity contribution < 1.29 is 9.34 Å². The number of hydrogen-bond donors (Lipinski definition) is 0. The van der Waals surface area contributed by atoms with Crippen LogP contribution in [0, 0.1) is 10.1 Å². The lowest BCUT2D eigenvalue weighted by molar-refractivity contribution is -0.384. The maximum absolute atomic E-state index is 11.9. The number of benzene rings is 1. The first-order valence-electron chi connectivity index (χ1n) is 8.26. The Balaban J connectivity index is 0.000000465. The van der Waals surface area contributed by atoms with E-state index in [4.69, 9.17) is 0 Å². The molecule has 0 bridgehead atoms. The van der Waals surface area contributed by atoms with Crippen molar-refractivity contribution >= 4 is 32.7 Å². The zero-order valence-corrected chi connectivity index (χ0v) is 16.2. The molecule has 2 aromatic heterocycles. The van der Waals surface area contributed by atoms with Crippen LogP contribution in [0.3, 0.4) is 0 Å². The second kappa shape index (κ2) is 9.77. The van der Waals surface area contributed by atoms with E-state index in [0.717, 1.165) is 9.90 Å². The molecule has 0 spiro atoms. The summed E-state index contributed by atoms with van der Waals surface area (Å²) in [6.07, 6.45) is 4.05. The molecule has 9 heteroatoms. The van der Waals surface area contributed by atoms with Crippen LogP contribution in [0.2, 0.25) is 0 Å². The number of unbranched alkanes of at least 4 members (excludes halogenated alkanes) is 1. The van der Waals surface area contributed by atoms with Crippen molar-refractivity contribution in [3.05, 3.63) is 79.2 Å². The molecule has 2 heterocycles. The normalized spacial score (nSPS) is 10.3. The Kier molecular flexibility index (Phi) is 7.42. The average Bonchev–Trinajstić information content (AvgIpc) is 2.66. The summed E-state index contributed by atoms with van der Waals surface area (Å²) in [5.41, 5.74) is -0.143. The Morgan fingerprint density at radius 3 is 2.67 bits per heavy atom. The Morgan fingerprint density at radius 2 is 2.04 bits per heavy atom. The highest BCUT2D eigenvalue weighted by Crippen LogP contribution is 2.14. The van der Waals surface area contributed by atoms with Gasteiger partial charge in [0, 0.05) is 23.7 Å². The van der Waals surface area contributed by atoms with Gasteiger partial charge in [0.1, 0.15) is 5.39 Å². The molecule has 0 N–H and O–H groups in total. The number of alkyl halides is 1. The van der Waals surface area contributed by atoms with Crippen LogP contribution in [-0.4, -0.2) is 19.8 Å². The van der Waals surface area contributed by atoms with Crippen LogP contribution >= 0.6 is 15.9 Å². The standard InChI is InChI=1S/C14H9N3O5.C4H9Br/c18-13-11-5-2-6-15-12(11)16(14(19)22-13)8-9-3-1-4-10(7-9)17(20)21;1-2-3-4-5/h1-7H,8H2;2-4H2,1H3. The second-order valence-corrected chi connectivity index (χ2v) is 6.38. The molecular weight excluding hydrogens is 418 g/mol. The summed E-state index contributed by atoms with van der Waals surface area (Å²) in [5, 5.41) is 12.1. The van der Waals surface area contributed by atoms with Crippen molar-refractivity contribution in [2.75, 3.05) is 5.33 Å². The van der Waals surface area contributed by atoms with Crippen LogP contribution in [0.5, 0.6) is 0 Å². The molecule has 0 atom stereocenters. The Bertz CT molecular complexity index is 1040. The van der Waals surface area contributed by atoms with Crippen LogP contribution in [0.1, 0.15) is 25.3 Å². The summed E-state index contributed by atoms with van der Waals surface area (Å²) in [4.78, 5) is 37.8. The molecule has 0 unspecified atom stereocenters. The molecule has 3 rings (SSSR count). The molecule has 0 fully saturated rings. The van der Waals surface area contributed by atoms with E-state index in [1.807, 2.05) is 0 Å². The van der Waals surface area contributed by atoms with Crippen LogP contribution in [0.25, 0.3) is 11.0 Å². The molecule has 8 nitrogen and oxygen atoms in total. The Morgan fingerprint density at radius 1 is 1.26 bits per heavy atom. The first kappa shape index (κ1) is 20.5. The largest absolute Gasteiger partial charge is 0.423 e. The van der Waals surface area contributed by atoms with Gasteiger partial charge in [-0.3, -0.25) is 14.7 Å². The summed E-state index contributed by atoms with van der Waals surface area (Å²) < 4.78 is 5.81. The first-order valence-corrected chi connectivity index (χ1v) is 9.38. The molecule has 0 saturated carbocycles. The lowest BCUT2D eigenvalue weighted by Crippen LogP contribution is -2.26. The van der Waals surface area contributed by atoms with Crippen molar-refractivity contribution in [3.63, 3.8) is 0 Å². The Labute approximate surface area is 162 Å². The zero-order chi connectivity index (χ0) is 19.8. The highest BCUT2D eigenvalue weighted by atomic mass is 79.9. The van der Waals surface area contributed by atoms with E-state index < -0.39 is 16.3 Å². The SMILES string of the molecule is CCCCBr.O=c1oc(=O)n(Cc2cccc([N+](=O)[O-])c2)c2ncccc12. The molecule has 0 radical (unpaired) electrons. The van der Waals surface area contributed by atoms with Gasteiger partial charge in [-0.1, -0.05) is 41.4 Å². The van der Waals surface area contributed by atoms with Gasteiger partial charge in [-0.15, -0.1) is 0 Å². The van der Waals surface area contributed by atoms with Crippen LogP contribution < -0.4 is 11.4 Å². The van der Waals surface area contributed by atoms with E-state index in [1.54, 1.807) is 12.1 Å². The molecule has 0 saturated heterocycles. The predicted molar refractivity (Wildman–Crippen MR) is 105 cm³/mol. The minimum absolute atomic E-state index is 0.0117. The topological polar surface area (TPSA) is 108 Å². The lowest BCUT2D eigenvalue weighted by Gasteiger charge is -2.07. The van der Waals surface area contributed by atoms with Crippen LogP contribution in [-0.2, 0) is 6.54 Å². The lowest BCUT2D eigenvalue weighted by atomic mass is 10.2. The van der Waals surface area contributed by atoms with Gasteiger partial charge in [-0.25, -0.2) is 14.6 Å². The van der Waals surface area contributed by atoms with Crippen molar-refractivity contribution in [2.45, 2.75) is 26.3 Å². The number of hydrogen-bond acceptors (Lipinski definition) is 6. The molecule has 0 aliphatic rings. The van der Waals surface area contributed by atoms with Gasteiger partial charge < -0.3 is 4.42 Å². The van der Waals surface area contributed by atoms with Crippen molar-refractivity contribution in [3.8, 4) is 0 Å². The summed E-state index contributed by atoms with van der Waals surface area (Å²) >= 11 is 3.31. The fourth-order valence-corrected chi connectivity index (χ4v) is 2.83. The number of nitro benzene ring substituents is 1. The number of rotatable bonds is 5. The van der Waals surface area contributed by atoms with Crippen LogP contribution in [0.15, 0.2) is 56.6 Å².